The molecule has 152 valence electrons. The first-order valence-electron chi connectivity index (χ1n) is 9.07. The quantitative estimate of drug-likeness (QED) is 0.587. The molecule has 0 fully saturated rings. The number of rotatable bonds is 7. The number of carbonyl (C=O) groups is 1. The maximum absolute atomic E-state index is 12.9. The first-order valence-corrected chi connectivity index (χ1v) is 10.6. The molecule has 0 saturated heterocycles. The number of anilines is 1. The van der Waals surface area contributed by atoms with Crippen molar-refractivity contribution in [3.05, 3.63) is 59.5 Å². The van der Waals surface area contributed by atoms with Gasteiger partial charge in [0.15, 0.2) is 0 Å². The van der Waals surface area contributed by atoms with Crippen LogP contribution in [0.15, 0.2) is 51.9 Å². The molecule has 0 unspecified atom stereocenters. The molecule has 0 amide bonds. The lowest BCUT2D eigenvalue weighted by atomic mass is 10.1. The van der Waals surface area contributed by atoms with E-state index in [1.165, 1.54) is 30.3 Å². The van der Waals surface area contributed by atoms with Crippen molar-refractivity contribution in [1.82, 2.24) is 10.1 Å². The molecule has 0 saturated carbocycles. The molecule has 1 heterocycles. The zero-order valence-corrected chi connectivity index (χ0v) is 17.1. The van der Waals surface area contributed by atoms with Crippen LogP contribution in [-0.4, -0.2) is 31.1 Å². The Kier molecular flexibility index (Phi) is 5.97. The van der Waals surface area contributed by atoms with E-state index < -0.39 is 16.0 Å². The Hall–Kier alpha value is -3.20. The highest BCUT2D eigenvalue weighted by atomic mass is 32.2. The molecule has 0 aliphatic rings. The molecular weight excluding hydrogens is 394 g/mol. The number of nitrogens with zero attached hydrogens (tertiary/aromatic N) is 2. The lowest BCUT2D eigenvalue weighted by Crippen LogP contribution is -2.14. The molecule has 2 aromatic carbocycles. The molecule has 3 rings (SSSR count). The van der Waals surface area contributed by atoms with Gasteiger partial charge >= 0.3 is 5.97 Å². The number of aryl methyl sites for hydroxylation is 2. The molecule has 29 heavy (non-hydrogen) atoms. The second kappa shape index (κ2) is 8.44. The summed E-state index contributed by atoms with van der Waals surface area (Å²) in [5, 5.41) is 3.89. The van der Waals surface area contributed by atoms with Crippen molar-refractivity contribution in [3.8, 4) is 11.4 Å². The van der Waals surface area contributed by atoms with E-state index in [0.29, 0.717) is 40.5 Å². The number of hydrogen-bond acceptors (Lipinski definition) is 7. The van der Waals surface area contributed by atoms with Gasteiger partial charge in [0.1, 0.15) is 0 Å². The van der Waals surface area contributed by atoms with Crippen LogP contribution in [0.4, 0.5) is 5.69 Å². The molecule has 9 heteroatoms. The van der Waals surface area contributed by atoms with Crippen LogP contribution in [0.3, 0.4) is 0 Å². The summed E-state index contributed by atoms with van der Waals surface area (Å²) in [6.07, 6.45) is 0.591. The van der Waals surface area contributed by atoms with E-state index in [2.05, 4.69) is 14.9 Å². The van der Waals surface area contributed by atoms with Crippen molar-refractivity contribution in [3.63, 3.8) is 0 Å². The second-order valence-electron chi connectivity index (χ2n) is 6.25. The molecule has 3 aromatic rings. The monoisotopic (exact) mass is 415 g/mol. The Balaban J connectivity index is 1.87. The summed E-state index contributed by atoms with van der Waals surface area (Å²) in [4.78, 5) is 16.1. The first kappa shape index (κ1) is 20.5. The predicted molar refractivity (Wildman–Crippen MR) is 107 cm³/mol. The SMILES string of the molecule is CCOC(=O)c1ccc(NS(=O)(=O)c2cc(-c3noc(CC)n3)ccc2C)cc1. The van der Waals surface area contributed by atoms with Gasteiger partial charge in [-0.15, -0.1) is 0 Å². The smallest absolute Gasteiger partial charge is 0.338 e. The predicted octanol–water partition coefficient (Wildman–Crippen LogP) is 3.58. The van der Waals surface area contributed by atoms with Crippen molar-refractivity contribution in [2.24, 2.45) is 0 Å². The minimum Gasteiger partial charge on any atom is -0.462 e. The van der Waals surface area contributed by atoms with Gasteiger partial charge in [-0.3, -0.25) is 4.72 Å². The summed E-state index contributed by atoms with van der Waals surface area (Å²) < 4.78 is 38.4. The van der Waals surface area contributed by atoms with Crippen LogP contribution >= 0.6 is 0 Å². The molecule has 0 atom stereocenters. The van der Waals surface area contributed by atoms with Gasteiger partial charge in [0, 0.05) is 17.7 Å². The van der Waals surface area contributed by atoms with E-state index in [0.717, 1.165) is 0 Å². The molecular formula is C20H21N3O5S. The maximum atomic E-state index is 12.9. The van der Waals surface area contributed by atoms with Crippen molar-refractivity contribution in [1.29, 1.82) is 0 Å². The van der Waals surface area contributed by atoms with E-state index in [1.54, 1.807) is 26.0 Å². The Bertz CT molecular complexity index is 1120. The number of hydrogen-bond donors (Lipinski definition) is 1. The number of ether oxygens (including phenoxy) is 1. The number of carbonyl (C=O) groups excluding carboxylic acids is 1. The molecule has 0 aliphatic carbocycles. The average molecular weight is 415 g/mol. The van der Waals surface area contributed by atoms with Gasteiger partial charge in [0.05, 0.1) is 17.1 Å². The highest BCUT2D eigenvalue weighted by Crippen LogP contribution is 2.25. The van der Waals surface area contributed by atoms with Crippen LogP contribution in [-0.2, 0) is 21.2 Å². The lowest BCUT2D eigenvalue weighted by molar-refractivity contribution is 0.0526. The molecule has 1 aromatic heterocycles. The van der Waals surface area contributed by atoms with Gasteiger partial charge in [0.25, 0.3) is 10.0 Å². The molecule has 0 radical (unpaired) electrons. The number of esters is 1. The van der Waals surface area contributed by atoms with E-state index in [4.69, 9.17) is 9.26 Å². The number of aromatic nitrogens is 2. The Labute approximate surface area is 169 Å². The first-order chi connectivity index (χ1) is 13.8. The third-order valence-electron chi connectivity index (χ3n) is 4.15. The summed E-state index contributed by atoms with van der Waals surface area (Å²) in [5.41, 5.74) is 1.79. The van der Waals surface area contributed by atoms with E-state index >= 15 is 0 Å². The van der Waals surface area contributed by atoms with Gasteiger partial charge in [-0.25, -0.2) is 13.2 Å². The topological polar surface area (TPSA) is 111 Å². The fourth-order valence-electron chi connectivity index (χ4n) is 2.64. The van der Waals surface area contributed by atoms with Gasteiger partial charge in [-0.1, -0.05) is 24.2 Å². The van der Waals surface area contributed by atoms with Crippen molar-refractivity contribution in [2.45, 2.75) is 32.1 Å². The highest BCUT2D eigenvalue weighted by molar-refractivity contribution is 7.92. The number of sulfonamides is 1. The number of nitrogens with one attached hydrogen (secondary N) is 1. The van der Waals surface area contributed by atoms with Gasteiger partial charge < -0.3 is 9.26 Å². The van der Waals surface area contributed by atoms with Crippen LogP contribution in [0.1, 0.15) is 35.7 Å². The fourth-order valence-corrected chi connectivity index (χ4v) is 3.97. The van der Waals surface area contributed by atoms with Gasteiger partial charge in [0.2, 0.25) is 11.7 Å². The van der Waals surface area contributed by atoms with Crippen molar-refractivity contribution < 1.29 is 22.5 Å². The van der Waals surface area contributed by atoms with E-state index in [9.17, 15) is 13.2 Å². The summed E-state index contributed by atoms with van der Waals surface area (Å²) in [7, 11) is -3.87. The standard InChI is InChI=1S/C20H21N3O5S/c1-4-18-21-19(22-28-18)15-7-6-13(3)17(12-15)29(25,26)23-16-10-8-14(9-11-16)20(24)27-5-2/h6-12,23H,4-5H2,1-3H3. The normalized spacial score (nSPS) is 11.3. The van der Waals surface area contributed by atoms with E-state index in [-0.39, 0.29) is 11.5 Å². The van der Waals surface area contributed by atoms with Crippen LogP contribution in [0.5, 0.6) is 0 Å². The van der Waals surface area contributed by atoms with Crippen LogP contribution < -0.4 is 4.72 Å². The molecule has 0 aliphatic heterocycles. The van der Waals surface area contributed by atoms with Crippen LogP contribution in [0.2, 0.25) is 0 Å². The Morgan fingerprint density at radius 1 is 1.14 bits per heavy atom. The molecule has 0 bridgehead atoms. The minimum absolute atomic E-state index is 0.104. The van der Waals surface area contributed by atoms with Gasteiger partial charge in [-0.2, -0.15) is 4.98 Å². The Morgan fingerprint density at radius 2 is 1.86 bits per heavy atom. The minimum atomic E-state index is -3.87. The third kappa shape index (κ3) is 4.62. The maximum Gasteiger partial charge on any atom is 0.338 e. The number of benzene rings is 2. The van der Waals surface area contributed by atoms with Crippen LogP contribution in [0, 0.1) is 6.92 Å². The molecule has 8 nitrogen and oxygen atoms in total. The summed E-state index contributed by atoms with van der Waals surface area (Å²) in [6.45, 7) is 5.58. The fraction of sp³-hybridized carbons (Fsp3) is 0.250. The molecule has 0 spiro atoms. The van der Waals surface area contributed by atoms with E-state index in [1.807, 2.05) is 6.92 Å². The third-order valence-corrected chi connectivity index (χ3v) is 5.68. The summed E-state index contributed by atoms with van der Waals surface area (Å²) >= 11 is 0. The van der Waals surface area contributed by atoms with Crippen LogP contribution in [0.25, 0.3) is 11.4 Å². The second-order valence-corrected chi connectivity index (χ2v) is 7.90. The zero-order valence-electron chi connectivity index (χ0n) is 16.3. The molecule has 1 N–H and O–H groups in total. The Morgan fingerprint density at radius 3 is 2.48 bits per heavy atom. The largest absolute Gasteiger partial charge is 0.462 e. The summed E-state index contributed by atoms with van der Waals surface area (Å²) in [5.74, 6) is 0.346. The van der Waals surface area contributed by atoms with Crippen molar-refractivity contribution in [2.75, 3.05) is 11.3 Å². The average Bonchev–Trinajstić information content (AvgIpc) is 3.18. The highest BCUT2D eigenvalue weighted by Gasteiger charge is 2.20. The van der Waals surface area contributed by atoms with Crippen molar-refractivity contribution >= 4 is 21.7 Å². The van der Waals surface area contributed by atoms with Gasteiger partial charge in [-0.05, 0) is 49.7 Å². The zero-order chi connectivity index (χ0) is 21.0. The lowest BCUT2D eigenvalue weighted by Gasteiger charge is -2.11. The summed E-state index contributed by atoms with van der Waals surface area (Å²) in [6, 6.07) is 11.0.